The van der Waals surface area contributed by atoms with Crippen LogP contribution in [0.1, 0.15) is 91.8 Å². The number of benzene rings is 2. The summed E-state index contributed by atoms with van der Waals surface area (Å²) in [5, 5.41) is 3.01. The third kappa shape index (κ3) is 6.31. The van der Waals surface area contributed by atoms with Crippen LogP contribution in [0.4, 0.5) is 5.69 Å². The van der Waals surface area contributed by atoms with Gasteiger partial charge in [-0.05, 0) is 44.0 Å². The van der Waals surface area contributed by atoms with Crippen molar-refractivity contribution in [1.82, 2.24) is 9.80 Å². The Morgan fingerprint density at radius 2 is 1.36 bits per heavy atom. The van der Waals surface area contributed by atoms with Gasteiger partial charge < -0.3 is 4.90 Å². The average Bonchev–Trinajstić information content (AvgIpc) is 2.91. The number of hydrogen-bond donors (Lipinski definition) is 0. The van der Waals surface area contributed by atoms with Crippen LogP contribution in [0.15, 0.2) is 30.3 Å². The smallest absolute Gasteiger partial charge is 0.261 e. The number of carbonyl (C=O) groups excluding carboxylic acids is 2. The molecule has 5 nitrogen and oxygen atoms in total. The monoisotopic (exact) mass is 555 g/mol. The average molecular weight is 557 g/mol. The number of rotatable bonds is 14. The van der Waals surface area contributed by atoms with Crippen LogP contribution in [0.2, 0.25) is 0 Å². The van der Waals surface area contributed by atoms with Gasteiger partial charge in [0.05, 0.1) is 0 Å². The number of carbonyl (C=O) groups is 2. The Bertz CT molecular complexity index is 1010. The molecule has 0 bridgehead atoms. The predicted molar refractivity (Wildman–Crippen MR) is 154 cm³/mol. The van der Waals surface area contributed by atoms with E-state index >= 15 is 0 Å². The number of nitrogens with zero attached hydrogens (tertiary/aromatic N) is 3. The maximum atomic E-state index is 13.2. The molecule has 2 aromatic rings. The highest BCUT2D eigenvalue weighted by atomic mass is 79.9. The summed E-state index contributed by atoms with van der Waals surface area (Å²) in [6, 6.07) is 9.97. The Morgan fingerprint density at radius 1 is 0.722 bits per heavy atom. The fraction of sp³-hybridized carbons (Fsp3) is 0.600. The summed E-state index contributed by atoms with van der Waals surface area (Å²) in [6.07, 6.45) is 12.6. The molecule has 0 N–H and O–H groups in total. The van der Waals surface area contributed by atoms with Gasteiger partial charge in [0.1, 0.15) is 0 Å². The van der Waals surface area contributed by atoms with Crippen LogP contribution in [0, 0.1) is 0 Å². The van der Waals surface area contributed by atoms with Crippen LogP contribution in [-0.2, 0) is 0 Å². The van der Waals surface area contributed by atoms with Crippen molar-refractivity contribution in [3.8, 4) is 0 Å². The van der Waals surface area contributed by atoms with Crippen molar-refractivity contribution < 1.29 is 9.59 Å². The Morgan fingerprint density at radius 3 is 2.03 bits per heavy atom. The number of alkyl halides is 1. The third-order valence-electron chi connectivity index (χ3n) is 7.77. The van der Waals surface area contributed by atoms with Crippen molar-refractivity contribution in [2.24, 2.45) is 0 Å². The molecule has 1 fully saturated rings. The van der Waals surface area contributed by atoms with Crippen LogP contribution in [0.25, 0.3) is 10.8 Å². The number of amides is 2. The summed E-state index contributed by atoms with van der Waals surface area (Å²) < 4.78 is 0. The summed E-state index contributed by atoms with van der Waals surface area (Å²) in [5.41, 5.74) is 2.49. The Labute approximate surface area is 225 Å². The Balaban J connectivity index is 1.32. The van der Waals surface area contributed by atoms with Crippen LogP contribution < -0.4 is 4.90 Å². The van der Waals surface area contributed by atoms with Crippen molar-refractivity contribution in [2.45, 2.75) is 71.1 Å². The summed E-state index contributed by atoms with van der Waals surface area (Å²) in [7, 11) is 0. The summed E-state index contributed by atoms with van der Waals surface area (Å²) in [4.78, 5) is 32.8. The minimum atomic E-state index is -0.146. The highest BCUT2D eigenvalue weighted by Crippen LogP contribution is 2.36. The molecule has 2 amide bonds. The molecule has 196 valence electrons. The molecular formula is C30H42BrN3O2. The highest BCUT2D eigenvalue weighted by molar-refractivity contribution is 9.09. The van der Waals surface area contributed by atoms with Crippen LogP contribution in [-0.4, -0.2) is 66.2 Å². The van der Waals surface area contributed by atoms with Crippen molar-refractivity contribution in [1.29, 1.82) is 0 Å². The zero-order valence-electron chi connectivity index (χ0n) is 21.9. The molecule has 4 rings (SSSR count). The number of unbranched alkanes of at least 4 members (excludes halogenated alkanes) is 8. The number of hydrogen-bond acceptors (Lipinski definition) is 4. The zero-order chi connectivity index (χ0) is 25.3. The van der Waals surface area contributed by atoms with E-state index in [4.69, 9.17) is 0 Å². The van der Waals surface area contributed by atoms with Gasteiger partial charge in [0, 0.05) is 65.6 Å². The molecule has 2 aliphatic rings. The lowest BCUT2D eigenvalue weighted by atomic mass is 9.92. The van der Waals surface area contributed by atoms with E-state index in [1.807, 2.05) is 18.2 Å². The van der Waals surface area contributed by atoms with Gasteiger partial charge in [0.25, 0.3) is 11.8 Å². The lowest BCUT2D eigenvalue weighted by molar-refractivity contribution is 0.0608. The van der Waals surface area contributed by atoms with Gasteiger partial charge >= 0.3 is 0 Å². The normalized spacial score (nSPS) is 16.4. The topological polar surface area (TPSA) is 43.9 Å². The van der Waals surface area contributed by atoms with E-state index in [0.29, 0.717) is 17.7 Å². The van der Waals surface area contributed by atoms with Gasteiger partial charge in [-0.15, -0.1) is 0 Å². The minimum absolute atomic E-state index is 0.146. The van der Waals surface area contributed by atoms with Gasteiger partial charge in [0.15, 0.2) is 0 Å². The van der Waals surface area contributed by atoms with Crippen LogP contribution in [0.3, 0.4) is 0 Å². The number of anilines is 1. The first kappa shape index (κ1) is 27.1. The van der Waals surface area contributed by atoms with Crippen molar-refractivity contribution in [3.05, 3.63) is 41.5 Å². The van der Waals surface area contributed by atoms with Crippen LogP contribution in [0.5, 0.6) is 0 Å². The highest BCUT2D eigenvalue weighted by Gasteiger charge is 2.33. The van der Waals surface area contributed by atoms with E-state index in [2.05, 4.69) is 44.8 Å². The van der Waals surface area contributed by atoms with Gasteiger partial charge in [-0.2, -0.15) is 0 Å². The largest absolute Gasteiger partial charge is 0.368 e. The molecule has 2 heterocycles. The van der Waals surface area contributed by atoms with Crippen LogP contribution >= 0.6 is 15.9 Å². The van der Waals surface area contributed by atoms with E-state index in [1.165, 1.54) is 62.8 Å². The molecule has 36 heavy (non-hydrogen) atoms. The van der Waals surface area contributed by atoms with Gasteiger partial charge in [0.2, 0.25) is 0 Å². The fourth-order valence-corrected chi connectivity index (χ4v) is 6.03. The molecular weight excluding hydrogens is 514 g/mol. The molecule has 6 heteroatoms. The fourth-order valence-electron chi connectivity index (χ4n) is 5.63. The standard InChI is InChI=1S/C30H42BrN3O2/c1-2-3-19-34-29(35)25-14-12-13-24-27(16-15-26(28(24)25)30(34)36)33-22-20-32(21-23-33)18-11-9-7-5-4-6-8-10-17-31/h12-16H,2-11,17-23H2,1H3. The maximum absolute atomic E-state index is 13.2. The lowest BCUT2D eigenvalue weighted by Crippen LogP contribution is -2.46. The van der Waals surface area contributed by atoms with E-state index in [0.717, 1.165) is 60.8 Å². The van der Waals surface area contributed by atoms with Crippen molar-refractivity contribution in [2.75, 3.05) is 49.5 Å². The first-order valence-electron chi connectivity index (χ1n) is 14.1. The molecule has 1 saturated heterocycles. The second-order valence-corrected chi connectivity index (χ2v) is 11.1. The molecule has 0 aromatic heterocycles. The molecule has 2 aromatic carbocycles. The molecule has 0 spiro atoms. The lowest BCUT2D eigenvalue weighted by Gasteiger charge is -2.37. The summed E-state index contributed by atoms with van der Waals surface area (Å²) in [6.45, 7) is 7.86. The SMILES string of the molecule is CCCCN1C(=O)c2cccc3c(N4CCN(CCCCCCCCCCBr)CC4)ccc(c23)C1=O. The summed E-state index contributed by atoms with van der Waals surface area (Å²) in [5.74, 6) is -0.292. The number of halogens is 1. The molecule has 0 saturated carbocycles. The number of imide groups is 1. The molecule has 0 atom stereocenters. The molecule has 0 aliphatic carbocycles. The van der Waals surface area contributed by atoms with E-state index in [1.54, 1.807) is 0 Å². The van der Waals surface area contributed by atoms with Gasteiger partial charge in [-0.3, -0.25) is 19.4 Å². The first-order valence-corrected chi connectivity index (χ1v) is 15.2. The number of piperazine rings is 1. The van der Waals surface area contributed by atoms with E-state index in [-0.39, 0.29) is 11.8 Å². The summed E-state index contributed by atoms with van der Waals surface area (Å²) >= 11 is 3.51. The van der Waals surface area contributed by atoms with Gasteiger partial charge in [-0.1, -0.05) is 79.9 Å². The van der Waals surface area contributed by atoms with Crippen molar-refractivity contribution in [3.63, 3.8) is 0 Å². The third-order valence-corrected chi connectivity index (χ3v) is 8.34. The molecule has 2 aliphatic heterocycles. The van der Waals surface area contributed by atoms with Gasteiger partial charge in [-0.25, -0.2) is 0 Å². The molecule has 0 radical (unpaired) electrons. The zero-order valence-corrected chi connectivity index (χ0v) is 23.5. The predicted octanol–water partition coefficient (Wildman–Crippen LogP) is 6.87. The first-order chi connectivity index (χ1) is 17.7. The van der Waals surface area contributed by atoms with E-state index < -0.39 is 0 Å². The van der Waals surface area contributed by atoms with E-state index in [9.17, 15) is 9.59 Å². The maximum Gasteiger partial charge on any atom is 0.261 e. The Kier molecular flexibility index (Phi) is 10.2. The van der Waals surface area contributed by atoms with Crippen molar-refractivity contribution >= 4 is 44.2 Å². The minimum Gasteiger partial charge on any atom is -0.368 e. The molecule has 0 unspecified atom stereocenters. The Hall–Kier alpha value is -1.92. The quantitative estimate of drug-likeness (QED) is 0.145. The second-order valence-electron chi connectivity index (χ2n) is 10.3. The second kappa shape index (κ2) is 13.6.